The molecular formula is C7H14NNaO3S. The average molecular weight is 215 g/mol. The Balaban J connectivity index is 0.00000144. The molecule has 1 fully saturated rings. The van der Waals surface area contributed by atoms with Crippen LogP contribution in [0.2, 0.25) is 0 Å². The minimum Gasteiger partial charge on any atom is -0.735 e. The second-order valence-electron chi connectivity index (χ2n) is 3.54. The van der Waals surface area contributed by atoms with Crippen LogP contribution in [0.5, 0.6) is 0 Å². The molecule has 0 bridgehead atoms. The first-order chi connectivity index (χ1) is 5.47. The van der Waals surface area contributed by atoms with Crippen molar-refractivity contribution in [2.75, 3.05) is 0 Å². The van der Waals surface area contributed by atoms with Crippen LogP contribution < -0.4 is 34.3 Å². The van der Waals surface area contributed by atoms with Gasteiger partial charge in [-0.3, -0.25) is 0 Å². The second kappa shape index (κ2) is 5.68. The van der Waals surface area contributed by atoms with Gasteiger partial charge in [0.05, 0.1) is 0 Å². The van der Waals surface area contributed by atoms with Crippen LogP contribution >= 0.6 is 0 Å². The summed E-state index contributed by atoms with van der Waals surface area (Å²) in [6.07, 6.45) is 3.73. The van der Waals surface area contributed by atoms with E-state index in [0.29, 0.717) is 5.92 Å². The Kier molecular flexibility index (Phi) is 6.06. The first-order valence-corrected chi connectivity index (χ1v) is 5.61. The van der Waals surface area contributed by atoms with E-state index in [1.54, 1.807) is 0 Å². The molecule has 0 aliphatic heterocycles. The van der Waals surface area contributed by atoms with Gasteiger partial charge >= 0.3 is 29.6 Å². The summed E-state index contributed by atoms with van der Waals surface area (Å²) < 4.78 is 33.1. The quantitative estimate of drug-likeness (QED) is 0.413. The first kappa shape index (κ1) is 13.9. The molecule has 0 radical (unpaired) electrons. The van der Waals surface area contributed by atoms with E-state index in [4.69, 9.17) is 0 Å². The van der Waals surface area contributed by atoms with Crippen molar-refractivity contribution >= 4 is 10.3 Å². The molecular weight excluding hydrogens is 201 g/mol. The van der Waals surface area contributed by atoms with Gasteiger partial charge in [0, 0.05) is 6.04 Å². The van der Waals surface area contributed by atoms with Crippen molar-refractivity contribution < 1.29 is 42.5 Å². The molecule has 1 rings (SSSR count). The summed E-state index contributed by atoms with van der Waals surface area (Å²) in [7, 11) is -4.25. The van der Waals surface area contributed by atoms with Gasteiger partial charge in [0.25, 0.3) is 0 Å². The Morgan fingerprint density at radius 1 is 1.38 bits per heavy atom. The number of hydrogen-bond donors (Lipinski definition) is 1. The van der Waals surface area contributed by atoms with E-state index in [1.165, 1.54) is 0 Å². The van der Waals surface area contributed by atoms with Gasteiger partial charge in [-0.2, -0.15) is 0 Å². The third-order valence-corrected chi connectivity index (χ3v) is 2.87. The Labute approximate surface area is 102 Å². The normalized spacial score (nSPS) is 29.4. The third kappa shape index (κ3) is 6.04. The van der Waals surface area contributed by atoms with Crippen LogP contribution in [0.15, 0.2) is 0 Å². The van der Waals surface area contributed by atoms with E-state index in [9.17, 15) is 13.0 Å². The Morgan fingerprint density at radius 3 is 2.46 bits per heavy atom. The fraction of sp³-hybridized carbons (Fsp3) is 1.00. The number of nitrogens with one attached hydrogen (secondary N) is 1. The molecule has 1 N–H and O–H groups in total. The van der Waals surface area contributed by atoms with Crippen LogP contribution in [0.3, 0.4) is 0 Å². The summed E-state index contributed by atoms with van der Waals surface area (Å²) in [5.74, 6) is 0.526. The summed E-state index contributed by atoms with van der Waals surface area (Å²) in [6.45, 7) is 2.07. The predicted octanol–water partition coefficient (Wildman–Crippen LogP) is -2.38. The molecule has 0 amide bonds. The SMILES string of the molecule is CC1CCCC(NS(=O)(=O)[O-])C1.[Na+]. The topological polar surface area (TPSA) is 69.2 Å². The van der Waals surface area contributed by atoms with Crippen molar-refractivity contribution in [3.05, 3.63) is 0 Å². The molecule has 0 aromatic heterocycles. The first-order valence-electron chi connectivity index (χ1n) is 4.20. The molecule has 0 saturated heterocycles. The van der Waals surface area contributed by atoms with Crippen LogP contribution in [0.25, 0.3) is 0 Å². The van der Waals surface area contributed by atoms with E-state index < -0.39 is 10.3 Å². The molecule has 1 aliphatic carbocycles. The monoisotopic (exact) mass is 215 g/mol. The fourth-order valence-corrected chi connectivity index (χ4v) is 2.37. The number of rotatable bonds is 2. The van der Waals surface area contributed by atoms with E-state index in [0.717, 1.165) is 25.7 Å². The minimum atomic E-state index is -4.25. The van der Waals surface area contributed by atoms with Crippen molar-refractivity contribution in [2.24, 2.45) is 5.92 Å². The van der Waals surface area contributed by atoms with Crippen LogP contribution in [0.4, 0.5) is 0 Å². The molecule has 72 valence electrons. The van der Waals surface area contributed by atoms with Crippen molar-refractivity contribution in [1.29, 1.82) is 0 Å². The van der Waals surface area contributed by atoms with Gasteiger partial charge < -0.3 is 4.55 Å². The second-order valence-corrected chi connectivity index (χ2v) is 4.68. The molecule has 0 aromatic carbocycles. The molecule has 0 spiro atoms. The summed E-state index contributed by atoms with van der Waals surface area (Å²) >= 11 is 0. The van der Waals surface area contributed by atoms with Gasteiger partial charge in [0.15, 0.2) is 10.3 Å². The maximum absolute atomic E-state index is 10.3. The largest absolute Gasteiger partial charge is 1.00 e. The van der Waals surface area contributed by atoms with Crippen molar-refractivity contribution in [3.63, 3.8) is 0 Å². The fourth-order valence-electron chi connectivity index (χ4n) is 1.75. The van der Waals surface area contributed by atoms with Gasteiger partial charge in [0.1, 0.15) is 0 Å². The summed E-state index contributed by atoms with van der Waals surface area (Å²) in [6, 6.07) is -0.128. The third-order valence-electron chi connectivity index (χ3n) is 2.25. The smallest absolute Gasteiger partial charge is 0.735 e. The Hall–Kier alpha value is 0.870. The van der Waals surface area contributed by atoms with Crippen LogP contribution in [0, 0.1) is 5.92 Å². The van der Waals surface area contributed by atoms with Crippen molar-refractivity contribution in [1.82, 2.24) is 4.72 Å². The minimum absolute atomic E-state index is 0. The van der Waals surface area contributed by atoms with E-state index >= 15 is 0 Å². The molecule has 1 aliphatic rings. The molecule has 1 saturated carbocycles. The Morgan fingerprint density at radius 2 is 2.00 bits per heavy atom. The van der Waals surface area contributed by atoms with Gasteiger partial charge in [-0.15, -0.1) is 0 Å². The van der Waals surface area contributed by atoms with Crippen molar-refractivity contribution in [2.45, 2.75) is 38.6 Å². The van der Waals surface area contributed by atoms with Gasteiger partial charge in [-0.25, -0.2) is 13.1 Å². The average Bonchev–Trinajstić information content (AvgIpc) is 1.82. The van der Waals surface area contributed by atoms with Crippen molar-refractivity contribution in [3.8, 4) is 0 Å². The van der Waals surface area contributed by atoms with Crippen LogP contribution in [0.1, 0.15) is 32.6 Å². The molecule has 6 heteroatoms. The Bertz CT molecular complexity index is 242. The molecule has 4 nitrogen and oxygen atoms in total. The summed E-state index contributed by atoms with van der Waals surface area (Å²) in [4.78, 5) is 0. The summed E-state index contributed by atoms with van der Waals surface area (Å²) in [5, 5.41) is 0. The summed E-state index contributed by atoms with van der Waals surface area (Å²) in [5.41, 5.74) is 0. The zero-order valence-electron chi connectivity index (χ0n) is 8.12. The predicted molar refractivity (Wildman–Crippen MR) is 44.3 cm³/mol. The standard InChI is InChI=1S/C7H15NO3S.Na/c1-6-3-2-4-7(5-6)8-12(9,10)11;/h6-8H,2-5H2,1H3,(H,9,10,11);/q;+1/p-1. The van der Waals surface area contributed by atoms with E-state index in [1.807, 2.05) is 0 Å². The van der Waals surface area contributed by atoms with Crippen LogP contribution in [-0.4, -0.2) is 19.0 Å². The number of hydrogen-bond acceptors (Lipinski definition) is 3. The molecule has 2 atom stereocenters. The molecule has 0 heterocycles. The van der Waals surface area contributed by atoms with E-state index in [-0.39, 0.29) is 35.6 Å². The van der Waals surface area contributed by atoms with Crippen LogP contribution in [-0.2, 0) is 10.3 Å². The molecule has 0 aromatic rings. The maximum Gasteiger partial charge on any atom is 1.00 e. The molecule has 13 heavy (non-hydrogen) atoms. The maximum atomic E-state index is 10.3. The zero-order chi connectivity index (χ0) is 9.19. The van der Waals surface area contributed by atoms with Gasteiger partial charge in [-0.05, 0) is 18.8 Å². The van der Waals surface area contributed by atoms with Gasteiger partial charge in [0.2, 0.25) is 0 Å². The van der Waals surface area contributed by atoms with E-state index in [2.05, 4.69) is 11.6 Å². The molecule has 2 unspecified atom stereocenters. The van der Waals surface area contributed by atoms with Gasteiger partial charge in [-0.1, -0.05) is 19.8 Å². The zero-order valence-corrected chi connectivity index (χ0v) is 10.9.